The van der Waals surface area contributed by atoms with Gasteiger partial charge in [0.25, 0.3) is 0 Å². The first kappa shape index (κ1) is 19.8. The monoisotopic (exact) mass is 388 g/mol. The molecule has 146 valence electrons. The van der Waals surface area contributed by atoms with Crippen LogP contribution in [0.2, 0.25) is 0 Å². The van der Waals surface area contributed by atoms with E-state index in [4.69, 9.17) is 9.47 Å². The van der Waals surface area contributed by atoms with Gasteiger partial charge in [-0.05, 0) is 53.6 Å². The van der Waals surface area contributed by atoms with Crippen molar-refractivity contribution in [3.8, 4) is 11.5 Å². The zero-order chi connectivity index (χ0) is 20.6. The van der Waals surface area contributed by atoms with Gasteiger partial charge in [-0.1, -0.05) is 24.3 Å². The number of benzene rings is 2. The number of nitrogens with one attached hydrogen (secondary N) is 1. The molecule has 0 aliphatic heterocycles. The summed E-state index contributed by atoms with van der Waals surface area (Å²) in [6.07, 6.45) is 7.34. The van der Waals surface area contributed by atoms with Crippen molar-refractivity contribution >= 4 is 29.7 Å². The number of amides is 1. The maximum Gasteiger partial charge on any atom is 0.343 e. The summed E-state index contributed by atoms with van der Waals surface area (Å²) >= 11 is 0. The number of rotatable bonds is 6. The minimum atomic E-state index is -0.546. The molecule has 1 aromatic heterocycles. The molecule has 0 fully saturated rings. The highest BCUT2D eigenvalue weighted by Gasteiger charge is 2.13. The quantitative estimate of drug-likeness (QED) is 0.499. The van der Waals surface area contributed by atoms with E-state index < -0.39 is 5.97 Å². The molecule has 1 heterocycles. The number of anilines is 1. The van der Waals surface area contributed by atoms with Crippen LogP contribution in [0.1, 0.15) is 28.4 Å². The van der Waals surface area contributed by atoms with Crippen LogP contribution in [-0.2, 0) is 4.79 Å². The molecule has 3 aromatic rings. The van der Waals surface area contributed by atoms with Gasteiger partial charge >= 0.3 is 5.97 Å². The maximum absolute atomic E-state index is 12.5. The standard InChI is InChI=1S/C23H20N2O4/c1-16(26)25-20-5-3-4-19(15-20)23(27)29-21-9-8-18(14-22(21)28-2)7-6-17-10-12-24-13-11-17/h3-15H,1-2H3,(H,25,26)/b7-6+. The van der Waals surface area contributed by atoms with Crippen LogP contribution in [0.5, 0.6) is 11.5 Å². The molecular formula is C23H20N2O4. The average Bonchev–Trinajstić information content (AvgIpc) is 2.73. The molecule has 6 heteroatoms. The largest absolute Gasteiger partial charge is 0.493 e. The topological polar surface area (TPSA) is 77.5 Å². The molecule has 0 bridgehead atoms. The third-order valence-electron chi connectivity index (χ3n) is 3.98. The molecule has 0 aliphatic rings. The number of ether oxygens (including phenoxy) is 2. The molecule has 2 aromatic carbocycles. The van der Waals surface area contributed by atoms with E-state index in [1.807, 2.05) is 30.4 Å². The van der Waals surface area contributed by atoms with Crippen molar-refractivity contribution in [1.29, 1.82) is 0 Å². The Morgan fingerprint density at radius 1 is 0.931 bits per heavy atom. The molecule has 1 N–H and O–H groups in total. The zero-order valence-electron chi connectivity index (χ0n) is 16.1. The summed E-state index contributed by atoms with van der Waals surface area (Å²) in [6, 6.07) is 15.6. The fourth-order valence-electron chi connectivity index (χ4n) is 2.63. The Hall–Kier alpha value is -3.93. The highest BCUT2D eigenvalue weighted by atomic mass is 16.6. The van der Waals surface area contributed by atoms with Crippen molar-refractivity contribution in [2.24, 2.45) is 0 Å². The summed E-state index contributed by atoms with van der Waals surface area (Å²) in [5.41, 5.74) is 2.76. The van der Waals surface area contributed by atoms with Crippen LogP contribution in [0.4, 0.5) is 5.69 Å². The van der Waals surface area contributed by atoms with Gasteiger partial charge in [-0.25, -0.2) is 4.79 Å². The fraction of sp³-hybridized carbons (Fsp3) is 0.0870. The Morgan fingerprint density at radius 3 is 2.41 bits per heavy atom. The van der Waals surface area contributed by atoms with E-state index in [0.29, 0.717) is 22.7 Å². The molecule has 0 atom stereocenters. The molecule has 3 rings (SSSR count). The van der Waals surface area contributed by atoms with Crippen molar-refractivity contribution in [1.82, 2.24) is 4.98 Å². The molecular weight excluding hydrogens is 368 g/mol. The van der Waals surface area contributed by atoms with Gasteiger partial charge in [-0.2, -0.15) is 0 Å². The predicted octanol–water partition coefficient (Wildman–Crippen LogP) is 4.44. The third kappa shape index (κ3) is 5.52. The van der Waals surface area contributed by atoms with Crippen LogP contribution in [0.25, 0.3) is 12.2 Å². The van der Waals surface area contributed by atoms with Crippen molar-refractivity contribution in [3.63, 3.8) is 0 Å². The lowest BCUT2D eigenvalue weighted by molar-refractivity contribution is -0.114. The van der Waals surface area contributed by atoms with E-state index in [0.717, 1.165) is 11.1 Å². The lowest BCUT2D eigenvalue weighted by Gasteiger charge is -2.11. The van der Waals surface area contributed by atoms with Crippen LogP contribution in [0.15, 0.2) is 67.0 Å². The number of carbonyl (C=O) groups excluding carboxylic acids is 2. The van der Waals surface area contributed by atoms with Crippen molar-refractivity contribution < 1.29 is 19.1 Å². The summed E-state index contributed by atoms with van der Waals surface area (Å²) in [5.74, 6) is -0.0140. The van der Waals surface area contributed by atoms with E-state index in [-0.39, 0.29) is 5.91 Å². The second kappa shape index (κ2) is 9.32. The van der Waals surface area contributed by atoms with E-state index >= 15 is 0 Å². The number of methoxy groups -OCH3 is 1. The van der Waals surface area contributed by atoms with Crippen LogP contribution < -0.4 is 14.8 Å². The third-order valence-corrected chi connectivity index (χ3v) is 3.98. The SMILES string of the molecule is COc1cc(/C=C/c2ccncc2)ccc1OC(=O)c1cccc(NC(C)=O)c1. The van der Waals surface area contributed by atoms with Crippen molar-refractivity contribution in [3.05, 3.63) is 83.7 Å². The highest BCUT2D eigenvalue weighted by Crippen LogP contribution is 2.29. The number of pyridine rings is 1. The van der Waals surface area contributed by atoms with Gasteiger partial charge in [0.15, 0.2) is 11.5 Å². The summed E-state index contributed by atoms with van der Waals surface area (Å²) in [7, 11) is 1.51. The molecule has 0 unspecified atom stereocenters. The number of carbonyl (C=O) groups is 2. The lowest BCUT2D eigenvalue weighted by atomic mass is 10.1. The fourth-order valence-corrected chi connectivity index (χ4v) is 2.63. The van der Waals surface area contributed by atoms with E-state index in [1.165, 1.54) is 14.0 Å². The van der Waals surface area contributed by atoms with Crippen molar-refractivity contribution in [2.45, 2.75) is 6.92 Å². The summed E-state index contributed by atoms with van der Waals surface area (Å²) in [6.45, 7) is 1.40. The van der Waals surface area contributed by atoms with Gasteiger partial charge in [-0.3, -0.25) is 9.78 Å². The van der Waals surface area contributed by atoms with Gasteiger partial charge < -0.3 is 14.8 Å². The molecule has 29 heavy (non-hydrogen) atoms. The smallest absolute Gasteiger partial charge is 0.343 e. The second-order valence-corrected chi connectivity index (χ2v) is 6.18. The Bertz CT molecular complexity index is 1050. The zero-order valence-corrected chi connectivity index (χ0v) is 16.1. The van der Waals surface area contributed by atoms with E-state index in [1.54, 1.807) is 48.8 Å². The Balaban J connectivity index is 1.76. The predicted molar refractivity (Wildman–Crippen MR) is 112 cm³/mol. The van der Waals surface area contributed by atoms with Gasteiger partial charge in [-0.15, -0.1) is 0 Å². The molecule has 0 aliphatic carbocycles. The number of hydrogen-bond acceptors (Lipinski definition) is 5. The van der Waals surface area contributed by atoms with Crippen LogP contribution >= 0.6 is 0 Å². The minimum Gasteiger partial charge on any atom is -0.493 e. The van der Waals surface area contributed by atoms with Crippen LogP contribution in [0, 0.1) is 0 Å². The normalized spacial score (nSPS) is 10.6. The molecule has 1 amide bonds. The Kier molecular flexibility index (Phi) is 6.37. The summed E-state index contributed by atoms with van der Waals surface area (Å²) in [5, 5.41) is 2.64. The molecule has 0 spiro atoms. The number of nitrogens with zero attached hydrogens (tertiary/aromatic N) is 1. The van der Waals surface area contributed by atoms with E-state index in [2.05, 4.69) is 10.3 Å². The lowest BCUT2D eigenvalue weighted by Crippen LogP contribution is -2.11. The van der Waals surface area contributed by atoms with E-state index in [9.17, 15) is 9.59 Å². The minimum absolute atomic E-state index is 0.215. The van der Waals surface area contributed by atoms with Gasteiger partial charge in [0.2, 0.25) is 5.91 Å². The first-order valence-corrected chi connectivity index (χ1v) is 8.91. The maximum atomic E-state index is 12.5. The molecule has 0 radical (unpaired) electrons. The molecule has 0 saturated carbocycles. The van der Waals surface area contributed by atoms with Gasteiger partial charge in [0, 0.05) is 25.0 Å². The summed E-state index contributed by atoms with van der Waals surface area (Å²) < 4.78 is 10.9. The van der Waals surface area contributed by atoms with Gasteiger partial charge in [0.1, 0.15) is 0 Å². The Morgan fingerprint density at radius 2 is 1.69 bits per heavy atom. The number of hydrogen-bond donors (Lipinski definition) is 1. The van der Waals surface area contributed by atoms with Gasteiger partial charge in [0.05, 0.1) is 12.7 Å². The van der Waals surface area contributed by atoms with Crippen molar-refractivity contribution in [2.75, 3.05) is 12.4 Å². The number of aromatic nitrogens is 1. The highest BCUT2D eigenvalue weighted by molar-refractivity contribution is 5.94. The molecule has 0 saturated heterocycles. The summed E-state index contributed by atoms with van der Waals surface area (Å²) in [4.78, 5) is 27.7. The van der Waals surface area contributed by atoms with Crippen LogP contribution in [0.3, 0.4) is 0 Å². The van der Waals surface area contributed by atoms with Crippen LogP contribution in [-0.4, -0.2) is 24.0 Å². The average molecular weight is 388 g/mol. The molecule has 6 nitrogen and oxygen atoms in total. The Labute approximate surface area is 168 Å². The first-order valence-electron chi connectivity index (χ1n) is 8.91. The first-order chi connectivity index (χ1) is 14.0. The number of esters is 1. The second-order valence-electron chi connectivity index (χ2n) is 6.18.